The Morgan fingerprint density at radius 1 is 1.41 bits per heavy atom. The Morgan fingerprint density at radius 3 is 2.65 bits per heavy atom. The average molecular weight is 302 g/mol. The van der Waals surface area contributed by atoms with Crippen LogP contribution in [-0.2, 0) is 6.54 Å². The predicted octanol–water partition coefficient (Wildman–Crippen LogP) is 2.74. The van der Waals surface area contributed by atoms with Gasteiger partial charge in [0.1, 0.15) is 5.82 Å². The van der Waals surface area contributed by atoms with Crippen LogP contribution in [0.3, 0.4) is 0 Å². The molecule has 0 saturated carbocycles. The summed E-state index contributed by atoms with van der Waals surface area (Å²) in [5, 5.41) is 0. The molecule has 0 fully saturated rings. The van der Waals surface area contributed by atoms with E-state index in [1.807, 2.05) is 18.7 Å². The molecule has 0 aliphatic carbocycles. The lowest BCUT2D eigenvalue weighted by molar-refractivity contribution is 0.458. The number of guanidine groups is 1. The average Bonchev–Trinajstić information content (AvgIpc) is 2.32. The minimum atomic E-state index is -0.264. The maximum Gasteiger partial charge on any atom is 0.191 e. The van der Waals surface area contributed by atoms with Crippen LogP contribution in [-0.4, -0.2) is 23.9 Å². The van der Waals surface area contributed by atoms with Crippen molar-refractivity contribution in [1.82, 2.24) is 4.90 Å². The lowest BCUT2D eigenvalue weighted by Crippen LogP contribution is -2.37. The first-order chi connectivity index (χ1) is 8.08. The monoisotopic (exact) mass is 301 g/mol. The van der Waals surface area contributed by atoms with Crippen LogP contribution in [0, 0.1) is 5.82 Å². The molecule has 0 amide bonds. The van der Waals surface area contributed by atoms with E-state index in [2.05, 4.69) is 20.9 Å². The van der Waals surface area contributed by atoms with E-state index < -0.39 is 0 Å². The highest BCUT2D eigenvalue weighted by Crippen LogP contribution is 2.18. The van der Waals surface area contributed by atoms with Crippen LogP contribution in [0.2, 0.25) is 0 Å². The van der Waals surface area contributed by atoms with Crippen molar-refractivity contribution in [2.75, 3.05) is 13.1 Å². The second-order valence-corrected chi connectivity index (χ2v) is 4.44. The number of hydrogen-bond donors (Lipinski definition) is 1. The minimum Gasteiger partial charge on any atom is -0.370 e. The van der Waals surface area contributed by atoms with Crippen LogP contribution in [0.1, 0.15) is 19.4 Å². The van der Waals surface area contributed by atoms with Crippen LogP contribution in [0.15, 0.2) is 27.7 Å². The van der Waals surface area contributed by atoms with Gasteiger partial charge in [-0.1, -0.05) is 15.9 Å². The number of halogens is 2. The molecule has 0 aliphatic heterocycles. The largest absolute Gasteiger partial charge is 0.370 e. The highest BCUT2D eigenvalue weighted by molar-refractivity contribution is 9.10. The Morgan fingerprint density at radius 2 is 2.06 bits per heavy atom. The van der Waals surface area contributed by atoms with Gasteiger partial charge in [0.05, 0.1) is 6.54 Å². The molecule has 94 valence electrons. The molecule has 0 bridgehead atoms. The SMILES string of the molecule is CCN(CC)C(N)=NCc1cc(F)ccc1Br. The normalized spacial score (nSPS) is 11.6. The van der Waals surface area contributed by atoms with Gasteiger partial charge < -0.3 is 10.6 Å². The van der Waals surface area contributed by atoms with Gasteiger partial charge in [-0.2, -0.15) is 0 Å². The van der Waals surface area contributed by atoms with Crippen molar-refractivity contribution < 1.29 is 4.39 Å². The van der Waals surface area contributed by atoms with E-state index in [-0.39, 0.29) is 5.82 Å². The van der Waals surface area contributed by atoms with Crippen molar-refractivity contribution in [2.24, 2.45) is 10.7 Å². The lowest BCUT2D eigenvalue weighted by atomic mass is 10.2. The molecule has 1 rings (SSSR count). The summed E-state index contributed by atoms with van der Waals surface area (Å²) < 4.78 is 13.9. The zero-order valence-corrected chi connectivity index (χ0v) is 11.7. The number of rotatable bonds is 4. The van der Waals surface area contributed by atoms with Crippen molar-refractivity contribution in [1.29, 1.82) is 0 Å². The maximum atomic E-state index is 13.1. The third kappa shape index (κ3) is 4.00. The van der Waals surface area contributed by atoms with Crippen molar-refractivity contribution in [2.45, 2.75) is 20.4 Å². The van der Waals surface area contributed by atoms with Crippen LogP contribution in [0.5, 0.6) is 0 Å². The van der Waals surface area contributed by atoms with Crippen molar-refractivity contribution in [3.63, 3.8) is 0 Å². The van der Waals surface area contributed by atoms with E-state index in [9.17, 15) is 4.39 Å². The van der Waals surface area contributed by atoms with E-state index in [1.54, 1.807) is 6.07 Å². The zero-order chi connectivity index (χ0) is 12.8. The molecule has 0 aromatic heterocycles. The van der Waals surface area contributed by atoms with Gasteiger partial charge in [-0.05, 0) is 37.6 Å². The zero-order valence-electron chi connectivity index (χ0n) is 10.1. The maximum absolute atomic E-state index is 13.1. The molecule has 2 N–H and O–H groups in total. The molecule has 0 radical (unpaired) electrons. The third-order valence-corrected chi connectivity index (χ3v) is 3.28. The molecule has 0 saturated heterocycles. The summed E-state index contributed by atoms with van der Waals surface area (Å²) in [7, 11) is 0. The number of hydrogen-bond acceptors (Lipinski definition) is 1. The first kappa shape index (κ1) is 14.0. The third-order valence-electron chi connectivity index (χ3n) is 2.51. The topological polar surface area (TPSA) is 41.6 Å². The summed E-state index contributed by atoms with van der Waals surface area (Å²) >= 11 is 3.36. The Balaban J connectivity index is 2.78. The second kappa shape index (κ2) is 6.59. The Bertz CT molecular complexity index is 403. The summed E-state index contributed by atoms with van der Waals surface area (Å²) in [5.41, 5.74) is 6.63. The Hall–Kier alpha value is -1.10. The Labute approximate surface area is 110 Å². The van der Waals surface area contributed by atoms with Crippen LogP contribution in [0.25, 0.3) is 0 Å². The molecule has 0 heterocycles. The van der Waals surface area contributed by atoms with Gasteiger partial charge in [-0.25, -0.2) is 9.38 Å². The van der Waals surface area contributed by atoms with Gasteiger partial charge in [-0.15, -0.1) is 0 Å². The molecule has 0 unspecified atom stereocenters. The predicted molar refractivity (Wildman–Crippen MR) is 72.3 cm³/mol. The molecule has 0 spiro atoms. The fourth-order valence-electron chi connectivity index (χ4n) is 1.48. The smallest absolute Gasteiger partial charge is 0.191 e. The first-order valence-corrected chi connectivity index (χ1v) is 6.36. The van der Waals surface area contributed by atoms with Crippen molar-refractivity contribution in [3.05, 3.63) is 34.1 Å². The summed E-state index contributed by atoms with van der Waals surface area (Å²) in [6.07, 6.45) is 0. The first-order valence-electron chi connectivity index (χ1n) is 5.57. The fourth-order valence-corrected chi connectivity index (χ4v) is 1.85. The van der Waals surface area contributed by atoms with Gasteiger partial charge in [-0.3, -0.25) is 0 Å². The van der Waals surface area contributed by atoms with Crippen molar-refractivity contribution in [3.8, 4) is 0 Å². The molecule has 5 heteroatoms. The fraction of sp³-hybridized carbons (Fsp3) is 0.417. The summed E-state index contributed by atoms with van der Waals surface area (Å²) in [4.78, 5) is 6.21. The van der Waals surface area contributed by atoms with E-state index in [1.165, 1.54) is 12.1 Å². The molecule has 0 aliphatic rings. The van der Waals surface area contributed by atoms with E-state index in [0.29, 0.717) is 12.5 Å². The summed E-state index contributed by atoms with van der Waals surface area (Å²) in [6.45, 7) is 6.04. The standard InChI is InChI=1S/C12H17BrFN3/c1-3-17(4-2)12(15)16-8-9-7-10(14)5-6-11(9)13/h5-7H,3-4,8H2,1-2H3,(H2,15,16). The van der Waals surface area contributed by atoms with Crippen LogP contribution >= 0.6 is 15.9 Å². The van der Waals surface area contributed by atoms with Crippen LogP contribution in [0.4, 0.5) is 4.39 Å². The van der Waals surface area contributed by atoms with Gasteiger partial charge >= 0.3 is 0 Å². The molecule has 3 nitrogen and oxygen atoms in total. The molecular formula is C12H17BrFN3. The van der Waals surface area contributed by atoms with E-state index in [4.69, 9.17) is 5.73 Å². The number of nitrogens with two attached hydrogens (primary N) is 1. The second-order valence-electron chi connectivity index (χ2n) is 3.58. The molecule has 17 heavy (non-hydrogen) atoms. The number of aliphatic imine (C=N–C) groups is 1. The van der Waals surface area contributed by atoms with E-state index in [0.717, 1.165) is 23.1 Å². The Kier molecular flexibility index (Phi) is 5.41. The minimum absolute atomic E-state index is 0.264. The van der Waals surface area contributed by atoms with Crippen LogP contribution < -0.4 is 5.73 Å². The molecule has 1 aromatic carbocycles. The molecular weight excluding hydrogens is 285 g/mol. The lowest BCUT2D eigenvalue weighted by Gasteiger charge is -2.19. The quantitative estimate of drug-likeness (QED) is 0.686. The highest BCUT2D eigenvalue weighted by atomic mass is 79.9. The van der Waals surface area contributed by atoms with Gasteiger partial charge in [0.25, 0.3) is 0 Å². The number of nitrogens with zero attached hydrogens (tertiary/aromatic N) is 2. The summed E-state index contributed by atoms with van der Waals surface area (Å²) in [5.74, 6) is 0.228. The van der Waals surface area contributed by atoms with E-state index >= 15 is 0 Å². The van der Waals surface area contributed by atoms with Crippen molar-refractivity contribution >= 4 is 21.9 Å². The molecule has 1 aromatic rings. The molecule has 0 atom stereocenters. The van der Waals surface area contributed by atoms with Gasteiger partial charge in [0.2, 0.25) is 0 Å². The number of benzene rings is 1. The van der Waals surface area contributed by atoms with Gasteiger partial charge in [0, 0.05) is 17.6 Å². The highest BCUT2D eigenvalue weighted by Gasteiger charge is 2.04. The summed E-state index contributed by atoms with van der Waals surface area (Å²) in [6, 6.07) is 4.54. The van der Waals surface area contributed by atoms with Gasteiger partial charge in [0.15, 0.2) is 5.96 Å².